The highest BCUT2D eigenvalue weighted by Gasteiger charge is 2.39. The Morgan fingerprint density at radius 3 is 1.81 bits per heavy atom. The number of hydrogen-bond acceptors (Lipinski definition) is 13. The van der Waals surface area contributed by atoms with Gasteiger partial charge in [-0.15, -0.1) is 0 Å². The molecule has 1 aromatic rings. The summed E-state index contributed by atoms with van der Waals surface area (Å²) in [6.45, 7) is 16.0. The first kappa shape index (κ1) is 36.0. The Morgan fingerprint density at radius 1 is 0.786 bits per heavy atom. The fourth-order valence-electron chi connectivity index (χ4n) is 3.09. The third-order valence-electron chi connectivity index (χ3n) is 4.79. The molecule has 0 aromatic heterocycles. The number of carbonyl (C=O) groups excluding carboxylic acids is 5. The van der Waals surface area contributed by atoms with Crippen LogP contribution < -0.4 is 20.3 Å². The zero-order chi connectivity index (χ0) is 32.3. The van der Waals surface area contributed by atoms with Gasteiger partial charge in [-0.3, -0.25) is 5.43 Å². The van der Waals surface area contributed by atoms with Crippen molar-refractivity contribution in [3.63, 3.8) is 0 Å². The van der Waals surface area contributed by atoms with E-state index in [1.165, 1.54) is 32.0 Å². The van der Waals surface area contributed by atoms with Crippen molar-refractivity contribution in [1.29, 1.82) is 0 Å². The van der Waals surface area contributed by atoms with Crippen molar-refractivity contribution in [3.05, 3.63) is 23.8 Å². The van der Waals surface area contributed by atoms with Crippen molar-refractivity contribution in [2.75, 3.05) is 13.2 Å². The van der Waals surface area contributed by atoms with E-state index in [0.717, 1.165) is 0 Å². The minimum absolute atomic E-state index is 0.0204. The average Bonchev–Trinajstić information content (AvgIpc) is 2.82. The van der Waals surface area contributed by atoms with Crippen LogP contribution in [0.4, 0.5) is 14.4 Å². The van der Waals surface area contributed by atoms with Crippen molar-refractivity contribution in [1.82, 2.24) is 10.9 Å². The van der Waals surface area contributed by atoms with Crippen LogP contribution in [-0.4, -0.2) is 66.4 Å². The molecule has 2 unspecified atom stereocenters. The van der Waals surface area contributed by atoms with E-state index in [9.17, 15) is 24.0 Å². The number of ether oxygens (including phenoxy) is 7. The molecule has 0 spiro atoms. The fourth-order valence-corrected chi connectivity index (χ4v) is 3.09. The zero-order valence-corrected chi connectivity index (χ0v) is 25.8. The van der Waals surface area contributed by atoms with Crippen LogP contribution in [0.5, 0.6) is 11.5 Å². The average molecular weight is 599 g/mol. The first-order valence-corrected chi connectivity index (χ1v) is 13.3. The van der Waals surface area contributed by atoms with Crippen LogP contribution in [0.3, 0.4) is 0 Å². The summed E-state index contributed by atoms with van der Waals surface area (Å²) in [6.07, 6.45) is -4.47. The van der Waals surface area contributed by atoms with Gasteiger partial charge >= 0.3 is 30.3 Å². The molecule has 1 rings (SSSR count). The van der Waals surface area contributed by atoms with Gasteiger partial charge in [0.2, 0.25) is 0 Å². The molecule has 0 aliphatic carbocycles. The van der Waals surface area contributed by atoms with Gasteiger partial charge in [-0.05, 0) is 86.9 Å². The summed E-state index contributed by atoms with van der Waals surface area (Å²) in [7, 11) is 0. The molecule has 0 saturated heterocycles. The van der Waals surface area contributed by atoms with Gasteiger partial charge in [0.1, 0.15) is 16.7 Å². The van der Waals surface area contributed by atoms with Crippen LogP contribution in [-0.2, 0) is 39.7 Å². The Bertz CT molecular complexity index is 1120. The topological polar surface area (TPSA) is 174 Å². The van der Waals surface area contributed by atoms with Gasteiger partial charge in [0.05, 0.1) is 13.2 Å². The molecule has 0 heterocycles. The van der Waals surface area contributed by atoms with Gasteiger partial charge in [0.15, 0.2) is 17.6 Å². The molecule has 0 bridgehead atoms. The fraction of sp³-hybridized carbons (Fsp3) is 0.607. The lowest BCUT2D eigenvalue weighted by Gasteiger charge is -2.31. The minimum atomic E-state index is -1.71. The van der Waals surface area contributed by atoms with Gasteiger partial charge in [-0.25, -0.2) is 29.4 Å². The Kier molecular flexibility index (Phi) is 13.0. The van der Waals surface area contributed by atoms with E-state index < -0.39 is 53.2 Å². The normalized spacial score (nSPS) is 13.5. The van der Waals surface area contributed by atoms with Gasteiger partial charge < -0.3 is 33.2 Å². The molecule has 14 nitrogen and oxygen atoms in total. The molecular formula is C28H42N2O12. The maximum atomic E-state index is 13.4. The van der Waals surface area contributed by atoms with E-state index >= 15 is 0 Å². The molecule has 0 radical (unpaired) electrons. The van der Waals surface area contributed by atoms with Gasteiger partial charge in [0.25, 0.3) is 0 Å². The molecule has 1 amide bonds. The molecule has 0 aliphatic heterocycles. The van der Waals surface area contributed by atoms with E-state index in [2.05, 4.69) is 10.9 Å². The Morgan fingerprint density at radius 2 is 1.31 bits per heavy atom. The lowest BCUT2D eigenvalue weighted by Crippen LogP contribution is -2.60. The zero-order valence-electron chi connectivity index (χ0n) is 25.8. The van der Waals surface area contributed by atoms with Crippen LogP contribution in [0.2, 0.25) is 0 Å². The van der Waals surface area contributed by atoms with Crippen molar-refractivity contribution in [3.8, 4) is 11.5 Å². The van der Waals surface area contributed by atoms with Crippen LogP contribution in [0.15, 0.2) is 18.2 Å². The first-order chi connectivity index (χ1) is 19.3. The molecular weight excluding hydrogens is 556 g/mol. The smallest absolute Gasteiger partial charge is 0.457 e. The number of amides is 1. The highest BCUT2D eigenvalue weighted by atomic mass is 16.7. The summed E-state index contributed by atoms with van der Waals surface area (Å²) in [6, 6.07) is 4.12. The number of hydrogen-bond donors (Lipinski definition) is 2. The number of hydrazine groups is 1. The van der Waals surface area contributed by atoms with E-state index in [1.807, 2.05) is 0 Å². The third-order valence-corrected chi connectivity index (χ3v) is 4.79. The summed E-state index contributed by atoms with van der Waals surface area (Å²) in [5.74, 6) is -2.08. The highest BCUT2D eigenvalue weighted by molar-refractivity contribution is 5.85. The van der Waals surface area contributed by atoms with Crippen molar-refractivity contribution >= 4 is 30.3 Å². The summed E-state index contributed by atoms with van der Waals surface area (Å²) < 4.78 is 35.8. The van der Waals surface area contributed by atoms with Crippen LogP contribution in [0.25, 0.3) is 0 Å². The largest absolute Gasteiger partial charge is 0.513 e. The Hall–Kier alpha value is -4.07. The SMILES string of the molecule is CCOC(=O)Oc1ccc(CC(C)(NNC(=O)OC(C)(C)C)C(=O)OC(C)C(=O)OC(C)(C)C)cc1OC(=O)OCC. The number of esters is 2. The second-order valence-electron chi connectivity index (χ2n) is 11.2. The monoisotopic (exact) mass is 598 g/mol. The third kappa shape index (κ3) is 13.1. The Labute approximate surface area is 245 Å². The molecule has 0 fully saturated rings. The summed E-state index contributed by atoms with van der Waals surface area (Å²) in [5, 5.41) is 0. The summed E-state index contributed by atoms with van der Waals surface area (Å²) >= 11 is 0. The van der Waals surface area contributed by atoms with Crippen molar-refractivity contribution in [2.24, 2.45) is 0 Å². The standard InChI is InChI=1S/C28H42N2O12/c1-11-36-24(34)39-19-14-13-18(15-20(19)40-25(35)37-12-2)16-28(10,30-29-23(33)42-27(7,8)9)22(32)38-17(3)21(31)41-26(4,5)6/h13-15,17,30H,11-12,16H2,1-10H3,(H,29,33). The predicted octanol–water partition coefficient (Wildman–Crippen LogP) is 4.36. The van der Waals surface area contributed by atoms with E-state index in [-0.39, 0.29) is 31.1 Å². The molecule has 2 atom stereocenters. The molecule has 42 heavy (non-hydrogen) atoms. The van der Waals surface area contributed by atoms with Crippen LogP contribution in [0, 0.1) is 0 Å². The summed E-state index contributed by atoms with van der Waals surface area (Å²) in [5.41, 5.74) is 1.93. The second kappa shape index (κ2) is 15.2. The number of rotatable bonds is 11. The van der Waals surface area contributed by atoms with Crippen molar-refractivity contribution < 1.29 is 57.1 Å². The first-order valence-electron chi connectivity index (χ1n) is 13.3. The van der Waals surface area contributed by atoms with Crippen molar-refractivity contribution in [2.45, 2.75) is 98.5 Å². The van der Waals surface area contributed by atoms with E-state index in [4.69, 9.17) is 33.2 Å². The maximum absolute atomic E-state index is 13.4. The van der Waals surface area contributed by atoms with Crippen LogP contribution in [0.1, 0.15) is 74.8 Å². The van der Waals surface area contributed by atoms with Gasteiger partial charge in [-0.1, -0.05) is 6.07 Å². The quantitative estimate of drug-likeness (QED) is 0.159. The lowest BCUT2D eigenvalue weighted by molar-refractivity contribution is -0.177. The second-order valence-corrected chi connectivity index (χ2v) is 11.2. The molecule has 0 aliphatic rings. The molecule has 236 valence electrons. The highest BCUT2D eigenvalue weighted by Crippen LogP contribution is 2.31. The van der Waals surface area contributed by atoms with Gasteiger partial charge in [-0.2, -0.15) is 0 Å². The van der Waals surface area contributed by atoms with E-state index in [0.29, 0.717) is 5.56 Å². The molecule has 2 N–H and O–H groups in total. The number of carbonyl (C=O) groups is 5. The van der Waals surface area contributed by atoms with Crippen LogP contribution >= 0.6 is 0 Å². The Balaban J connectivity index is 3.37. The predicted molar refractivity (Wildman–Crippen MR) is 148 cm³/mol. The minimum Gasteiger partial charge on any atom is -0.457 e. The number of benzene rings is 1. The molecule has 14 heteroatoms. The molecule has 0 saturated carbocycles. The molecule has 1 aromatic carbocycles. The number of nitrogens with one attached hydrogen (secondary N) is 2. The summed E-state index contributed by atoms with van der Waals surface area (Å²) in [4.78, 5) is 62.2. The van der Waals surface area contributed by atoms with E-state index in [1.54, 1.807) is 55.4 Å². The van der Waals surface area contributed by atoms with Gasteiger partial charge in [0, 0.05) is 6.42 Å². The lowest BCUT2D eigenvalue weighted by atomic mass is 9.93. The maximum Gasteiger partial charge on any atom is 0.513 e.